The Morgan fingerprint density at radius 2 is 1.91 bits per heavy atom. The molecule has 2 aliphatic carbocycles. The molecule has 7 nitrogen and oxygen atoms in total. The van der Waals surface area contributed by atoms with Crippen LogP contribution in [0.4, 0.5) is 4.79 Å². The lowest BCUT2D eigenvalue weighted by atomic mass is 9.64. The minimum Gasteiger partial charge on any atom is -0.341 e. The van der Waals surface area contributed by atoms with Crippen molar-refractivity contribution in [2.24, 2.45) is 11.8 Å². The molecule has 0 radical (unpaired) electrons. The van der Waals surface area contributed by atoms with E-state index >= 15 is 0 Å². The number of likely N-dealkylation sites (tertiary alicyclic amines) is 1. The van der Waals surface area contributed by atoms with Gasteiger partial charge in [0, 0.05) is 38.1 Å². The van der Waals surface area contributed by atoms with Crippen molar-refractivity contribution in [1.82, 2.24) is 25.8 Å². The molecular formula is C26H38ClN5O2. The molecule has 2 saturated heterocycles. The van der Waals surface area contributed by atoms with Crippen LogP contribution in [0.25, 0.3) is 0 Å². The van der Waals surface area contributed by atoms with Crippen molar-refractivity contribution < 1.29 is 9.59 Å². The lowest BCUT2D eigenvalue weighted by Crippen LogP contribution is -2.55. The molecule has 5 rings (SSSR count). The van der Waals surface area contributed by atoms with Crippen molar-refractivity contribution in [3.05, 3.63) is 28.5 Å². The molecule has 2 aliphatic heterocycles. The summed E-state index contributed by atoms with van der Waals surface area (Å²) in [4.78, 5) is 33.3. The standard InChI is InChI=1S/C26H38ClN5O2/c1-28-25(34)30-20-12-13-26(18-10-11-22(27)31-23(18)20)16-29-15-19(26)24(33)32-14-6-5-9-21(32)17-7-3-2-4-8-17/h10-11,17,19-21,29H,2-9,12-16H2,1H3,(H2,28,30,34)/t19?,20?,21-,26-/m0/s1. The second-order valence-corrected chi connectivity index (χ2v) is 11.1. The normalized spacial score (nSPS) is 31.8. The van der Waals surface area contributed by atoms with Crippen LogP contribution >= 0.6 is 11.6 Å². The van der Waals surface area contributed by atoms with Gasteiger partial charge >= 0.3 is 6.03 Å². The number of piperidine rings is 1. The highest BCUT2D eigenvalue weighted by Gasteiger charge is 2.53. The number of nitrogens with zero attached hydrogens (tertiary/aromatic N) is 2. The maximum atomic E-state index is 14.3. The first-order chi connectivity index (χ1) is 16.5. The summed E-state index contributed by atoms with van der Waals surface area (Å²) in [6.07, 6.45) is 11.5. The molecule has 3 amide bonds. The number of carbonyl (C=O) groups excluding carboxylic acids is 2. The second kappa shape index (κ2) is 10.0. The Balaban J connectivity index is 1.45. The van der Waals surface area contributed by atoms with Crippen molar-refractivity contribution in [1.29, 1.82) is 0 Å². The van der Waals surface area contributed by atoms with Crippen molar-refractivity contribution >= 4 is 23.5 Å². The number of hydrogen-bond donors (Lipinski definition) is 3. The maximum Gasteiger partial charge on any atom is 0.315 e. The van der Waals surface area contributed by atoms with E-state index in [-0.39, 0.29) is 23.4 Å². The van der Waals surface area contributed by atoms with E-state index < -0.39 is 0 Å². The van der Waals surface area contributed by atoms with Crippen LogP contribution in [-0.4, -0.2) is 54.5 Å². The quantitative estimate of drug-likeness (QED) is 0.564. The number of fused-ring (bicyclic) bond motifs is 2. The van der Waals surface area contributed by atoms with E-state index in [2.05, 4.69) is 25.8 Å². The lowest BCUT2D eigenvalue weighted by Gasteiger charge is -2.47. The summed E-state index contributed by atoms with van der Waals surface area (Å²) >= 11 is 6.30. The molecule has 4 aliphatic rings. The van der Waals surface area contributed by atoms with Gasteiger partial charge in [-0.1, -0.05) is 36.9 Å². The number of urea groups is 1. The Morgan fingerprint density at radius 1 is 1.12 bits per heavy atom. The van der Waals surface area contributed by atoms with Gasteiger partial charge in [-0.15, -0.1) is 0 Å². The Morgan fingerprint density at radius 3 is 2.71 bits per heavy atom. The summed E-state index contributed by atoms with van der Waals surface area (Å²) in [5.74, 6) is 0.863. The number of nitrogens with one attached hydrogen (secondary N) is 3. The zero-order chi connectivity index (χ0) is 23.7. The van der Waals surface area contributed by atoms with Crippen molar-refractivity contribution in [2.45, 2.75) is 81.7 Å². The third kappa shape index (κ3) is 4.30. The van der Waals surface area contributed by atoms with Gasteiger partial charge in [0.1, 0.15) is 5.15 Å². The number of aromatic nitrogens is 1. The lowest BCUT2D eigenvalue weighted by molar-refractivity contribution is -0.142. The van der Waals surface area contributed by atoms with Crippen LogP contribution in [0, 0.1) is 11.8 Å². The van der Waals surface area contributed by atoms with Gasteiger partial charge in [-0.2, -0.15) is 0 Å². The zero-order valence-corrected chi connectivity index (χ0v) is 21.0. The van der Waals surface area contributed by atoms with E-state index in [0.29, 0.717) is 29.6 Å². The van der Waals surface area contributed by atoms with Crippen molar-refractivity contribution in [2.75, 3.05) is 26.7 Å². The number of carbonyl (C=O) groups is 2. The first-order valence-electron chi connectivity index (χ1n) is 13.2. The molecule has 1 spiro atoms. The molecule has 1 aromatic heterocycles. The van der Waals surface area contributed by atoms with Gasteiger partial charge in [0.25, 0.3) is 0 Å². The van der Waals surface area contributed by atoms with Crippen LogP contribution in [0.3, 0.4) is 0 Å². The van der Waals surface area contributed by atoms with E-state index in [1.807, 2.05) is 12.1 Å². The van der Waals surface area contributed by atoms with Gasteiger partial charge in [-0.25, -0.2) is 9.78 Å². The largest absolute Gasteiger partial charge is 0.341 e. The van der Waals surface area contributed by atoms with E-state index in [9.17, 15) is 9.59 Å². The van der Waals surface area contributed by atoms with Crippen LogP contribution < -0.4 is 16.0 Å². The number of halogens is 1. The Bertz CT molecular complexity index is 920. The minimum atomic E-state index is -0.306. The molecule has 1 aromatic rings. The van der Waals surface area contributed by atoms with E-state index in [0.717, 1.165) is 50.0 Å². The number of amides is 3. The van der Waals surface area contributed by atoms with Crippen LogP contribution in [0.5, 0.6) is 0 Å². The Labute approximate surface area is 207 Å². The van der Waals surface area contributed by atoms with Crippen molar-refractivity contribution in [3.63, 3.8) is 0 Å². The molecule has 0 aromatic carbocycles. The first-order valence-corrected chi connectivity index (χ1v) is 13.6. The monoisotopic (exact) mass is 487 g/mol. The van der Waals surface area contributed by atoms with E-state index in [1.54, 1.807) is 7.05 Å². The highest BCUT2D eigenvalue weighted by molar-refractivity contribution is 6.29. The first kappa shape index (κ1) is 23.9. The van der Waals surface area contributed by atoms with Gasteiger partial charge in [0.15, 0.2) is 0 Å². The fourth-order valence-electron chi connectivity index (χ4n) is 7.25. The summed E-state index contributed by atoms with van der Waals surface area (Å²) in [7, 11) is 1.61. The third-order valence-electron chi connectivity index (χ3n) is 8.95. The fourth-order valence-corrected chi connectivity index (χ4v) is 7.40. The van der Waals surface area contributed by atoms with Gasteiger partial charge in [0.2, 0.25) is 5.91 Å². The van der Waals surface area contributed by atoms with Crippen LogP contribution in [0.15, 0.2) is 12.1 Å². The van der Waals surface area contributed by atoms with Gasteiger partial charge in [-0.3, -0.25) is 4.79 Å². The highest BCUT2D eigenvalue weighted by atomic mass is 35.5. The van der Waals surface area contributed by atoms with Crippen LogP contribution in [-0.2, 0) is 10.2 Å². The summed E-state index contributed by atoms with van der Waals surface area (Å²) < 4.78 is 0. The SMILES string of the molecule is CNC(=O)NC1CC[C@]2(CNCC2C(=O)N2CCCC[C@H]2C2CCCCC2)c2ccc(Cl)nc21. The molecule has 34 heavy (non-hydrogen) atoms. The molecule has 0 bridgehead atoms. The fraction of sp³-hybridized carbons (Fsp3) is 0.731. The summed E-state index contributed by atoms with van der Waals surface area (Å²) in [6, 6.07) is 3.84. The summed E-state index contributed by atoms with van der Waals surface area (Å²) in [5.41, 5.74) is 1.57. The zero-order valence-electron chi connectivity index (χ0n) is 20.2. The average molecular weight is 488 g/mol. The topological polar surface area (TPSA) is 86.4 Å². The summed E-state index contributed by atoms with van der Waals surface area (Å²) in [5, 5.41) is 9.65. The molecule has 3 fully saturated rings. The Kier molecular flexibility index (Phi) is 7.03. The molecular weight excluding hydrogens is 450 g/mol. The van der Waals surface area contributed by atoms with E-state index in [4.69, 9.17) is 11.6 Å². The molecule has 4 atom stereocenters. The molecule has 3 heterocycles. The van der Waals surface area contributed by atoms with Crippen molar-refractivity contribution in [3.8, 4) is 0 Å². The molecule has 186 valence electrons. The van der Waals surface area contributed by atoms with Gasteiger partial charge in [0.05, 0.1) is 17.7 Å². The van der Waals surface area contributed by atoms with Gasteiger partial charge < -0.3 is 20.9 Å². The number of rotatable bonds is 3. The molecule has 3 N–H and O–H groups in total. The van der Waals surface area contributed by atoms with Crippen LogP contribution in [0.2, 0.25) is 5.15 Å². The predicted molar refractivity (Wildman–Crippen MR) is 133 cm³/mol. The maximum absolute atomic E-state index is 14.3. The number of pyridine rings is 1. The molecule has 8 heteroatoms. The summed E-state index contributed by atoms with van der Waals surface area (Å²) in [6.45, 7) is 2.34. The second-order valence-electron chi connectivity index (χ2n) is 10.7. The third-order valence-corrected chi connectivity index (χ3v) is 9.16. The highest BCUT2D eigenvalue weighted by Crippen LogP contribution is 2.49. The average Bonchev–Trinajstić information content (AvgIpc) is 3.30. The predicted octanol–water partition coefficient (Wildman–Crippen LogP) is 3.92. The van der Waals surface area contributed by atoms with Gasteiger partial charge in [-0.05, 0) is 62.5 Å². The van der Waals surface area contributed by atoms with Crippen LogP contribution in [0.1, 0.15) is 81.5 Å². The minimum absolute atomic E-state index is 0.112. The molecule has 1 saturated carbocycles. The Hall–Kier alpha value is -1.86. The number of hydrogen-bond acceptors (Lipinski definition) is 4. The van der Waals surface area contributed by atoms with E-state index in [1.165, 1.54) is 38.5 Å². The molecule has 2 unspecified atom stereocenters. The smallest absolute Gasteiger partial charge is 0.315 e.